The molecule has 2 amide bonds. The van der Waals surface area contributed by atoms with Gasteiger partial charge in [-0.25, -0.2) is 4.79 Å². The van der Waals surface area contributed by atoms with Gasteiger partial charge in [-0.3, -0.25) is 0 Å². The summed E-state index contributed by atoms with van der Waals surface area (Å²) in [6.45, 7) is 2.70. The monoisotopic (exact) mass is 261 g/mol. The van der Waals surface area contributed by atoms with Crippen molar-refractivity contribution in [3.05, 3.63) is 29.8 Å². The largest absolute Gasteiger partial charge is 0.338 e. The Balaban J connectivity index is 1.71. The first-order valence-corrected chi connectivity index (χ1v) is 7.05. The quantitative estimate of drug-likeness (QED) is 0.762. The van der Waals surface area contributed by atoms with Crippen molar-refractivity contribution in [1.29, 1.82) is 0 Å². The average molecular weight is 261 g/mol. The molecule has 2 rings (SSSR count). The molecule has 0 spiro atoms. The van der Waals surface area contributed by atoms with E-state index in [0.29, 0.717) is 0 Å². The Hall–Kier alpha value is -1.55. The summed E-state index contributed by atoms with van der Waals surface area (Å²) in [4.78, 5) is 11.7. The number of nitrogens with one attached hydrogen (secondary N) is 2. The molecule has 1 aliphatic rings. The van der Waals surface area contributed by atoms with Gasteiger partial charge in [0.2, 0.25) is 0 Å². The maximum Gasteiger partial charge on any atom is 0.319 e. The highest BCUT2D eigenvalue weighted by molar-refractivity contribution is 5.89. The van der Waals surface area contributed by atoms with E-state index >= 15 is 0 Å². The molecule has 0 aromatic heterocycles. The average Bonchev–Trinajstić information content (AvgIpc) is 2.33. The number of amides is 2. The van der Waals surface area contributed by atoms with Crippen LogP contribution in [0, 0.1) is 5.92 Å². The van der Waals surface area contributed by atoms with Crippen LogP contribution in [0.3, 0.4) is 0 Å². The lowest BCUT2D eigenvalue weighted by Crippen LogP contribution is -2.31. The third-order valence-electron chi connectivity index (χ3n) is 3.76. The molecule has 1 aromatic rings. The van der Waals surface area contributed by atoms with Crippen LogP contribution in [0.15, 0.2) is 24.3 Å². The number of urea groups is 1. The molecule has 4 heteroatoms. The van der Waals surface area contributed by atoms with E-state index in [2.05, 4.69) is 10.6 Å². The van der Waals surface area contributed by atoms with Gasteiger partial charge in [0.15, 0.2) is 0 Å². The first-order valence-electron chi connectivity index (χ1n) is 7.05. The number of carbonyl (C=O) groups is 1. The SMILES string of the molecule is CC(N)c1ccc(NC(=O)NCCC2CCC2)cc1. The molecule has 104 valence electrons. The van der Waals surface area contributed by atoms with Gasteiger partial charge >= 0.3 is 6.03 Å². The van der Waals surface area contributed by atoms with Crippen molar-refractivity contribution in [3.63, 3.8) is 0 Å². The van der Waals surface area contributed by atoms with Crippen LogP contribution >= 0.6 is 0 Å². The molecule has 0 radical (unpaired) electrons. The van der Waals surface area contributed by atoms with Crippen LogP contribution in [0.25, 0.3) is 0 Å². The Kier molecular flexibility index (Phi) is 4.80. The molecule has 0 heterocycles. The summed E-state index contributed by atoms with van der Waals surface area (Å²) in [5.41, 5.74) is 7.64. The minimum Gasteiger partial charge on any atom is -0.338 e. The Morgan fingerprint density at radius 2 is 2.05 bits per heavy atom. The lowest BCUT2D eigenvalue weighted by Gasteiger charge is -2.25. The molecule has 1 fully saturated rings. The molecule has 1 atom stereocenters. The van der Waals surface area contributed by atoms with Crippen LogP contribution in [0.1, 0.15) is 44.2 Å². The summed E-state index contributed by atoms with van der Waals surface area (Å²) in [6.07, 6.45) is 5.09. The number of carbonyl (C=O) groups excluding carboxylic acids is 1. The lowest BCUT2D eigenvalue weighted by molar-refractivity contribution is 0.247. The highest BCUT2D eigenvalue weighted by Gasteiger charge is 2.16. The molecular weight excluding hydrogens is 238 g/mol. The van der Waals surface area contributed by atoms with Crippen LogP contribution in [-0.2, 0) is 0 Å². The van der Waals surface area contributed by atoms with Crippen molar-refractivity contribution in [1.82, 2.24) is 5.32 Å². The minimum atomic E-state index is -0.132. The number of nitrogens with two attached hydrogens (primary N) is 1. The molecule has 1 unspecified atom stereocenters. The highest BCUT2D eigenvalue weighted by Crippen LogP contribution is 2.28. The van der Waals surface area contributed by atoms with Crippen molar-refractivity contribution in [3.8, 4) is 0 Å². The van der Waals surface area contributed by atoms with E-state index in [4.69, 9.17) is 5.73 Å². The summed E-state index contributed by atoms with van der Waals surface area (Å²) in [5, 5.41) is 5.72. The van der Waals surface area contributed by atoms with Gasteiger partial charge in [0.25, 0.3) is 0 Å². The Morgan fingerprint density at radius 3 is 2.58 bits per heavy atom. The smallest absolute Gasteiger partial charge is 0.319 e. The Bertz CT molecular complexity index is 410. The highest BCUT2D eigenvalue weighted by atomic mass is 16.2. The van der Waals surface area contributed by atoms with Gasteiger partial charge in [0, 0.05) is 18.3 Å². The van der Waals surface area contributed by atoms with Crippen molar-refractivity contribution in [2.45, 2.75) is 38.6 Å². The zero-order valence-corrected chi connectivity index (χ0v) is 11.5. The van der Waals surface area contributed by atoms with E-state index in [-0.39, 0.29) is 12.1 Å². The number of rotatable bonds is 5. The summed E-state index contributed by atoms with van der Waals surface area (Å²) in [5.74, 6) is 0.825. The van der Waals surface area contributed by atoms with Gasteiger partial charge in [-0.05, 0) is 37.0 Å². The molecule has 1 saturated carbocycles. The number of hydrogen-bond acceptors (Lipinski definition) is 2. The van der Waals surface area contributed by atoms with Crippen molar-refractivity contribution >= 4 is 11.7 Å². The van der Waals surface area contributed by atoms with Gasteiger partial charge in [-0.1, -0.05) is 31.4 Å². The minimum absolute atomic E-state index is 0.0188. The van der Waals surface area contributed by atoms with Crippen LogP contribution < -0.4 is 16.4 Å². The number of benzene rings is 1. The number of hydrogen-bond donors (Lipinski definition) is 3. The fourth-order valence-electron chi connectivity index (χ4n) is 2.22. The second-order valence-electron chi connectivity index (χ2n) is 5.38. The Labute approximate surface area is 114 Å². The van der Waals surface area contributed by atoms with Crippen molar-refractivity contribution < 1.29 is 4.79 Å². The molecule has 1 aromatic carbocycles. The predicted molar refractivity (Wildman–Crippen MR) is 78.0 cm³/mol. The molecule has 1 aliphatic carbocycles. The van der Waals surface area contributed by atoms with Gasteiger partial charge in [0.1, 0.15) is 0 Å². The predicted octanol–water partition coefficient (Wildman–Crippen LogP) is 3.02. The van der Waals surface area contributed by atoms with Gasteiger partial charge < -0.3 is 16.4 Å². The molecule has 4 nitrogen and oxygen atoms in total. The fourth-order valence-corrected chi connectivity index (χ4v) is 2.22. The molecular formula is C15H23N3O. The second kappa shape index (κ2) is 6.57. The van der Waals surface area contributed by atoms with Crippen LogP contribution in [0.2, 0.25) is 0 Å². The Morgan fingerprint density at radius 1 is 1.37 bits per heavy atom. The molecule has 4 N–H and O–H groups in total. The molecule has 0 bridgehead atoms. The lowest BCUT2D eigenvalue weighted by atomic mass is 9.83. The van der Waals surface area contributed by atoms with E-state index in [1.54, 1.807) is 0 Å². The van der Waals surface area contributed by atoms with Gasteiger partial charge in [-0.2, -0.15) is 0 Å². The topological polar surface area (TPSA) is 67.1 Å². The summed E-state index contributed by atoms with van der Waals surface area (Å²) < 4.78 is 0. The fraction of sp³-hybridized carbons (Fsp3) is 0.533. The van der Waals surface area contributed by atoms with Crippen molar-refractivity contribution in [2.24, 2.45) is 11.7 Å². The first kappa shape index (κ1) is 13.9. The summed E-state index contributed by atoms with van der Waals surface area (Å²) in [7, 11) is 0. The van der Waals surface area contributed by atoms with Gasteiger partial charge in [-0.15, -0.1) is 0 Å². The third kappa shape index (κ3) is 4.24. The molecule has 0 saturated heterocycles. The van der Waals surface area contributed by atoms with Crippen LogP contribution in [-0.4, -0.2) is 12.6 Å². The van der Waals surface area contributed by atoms with E-state index in [1.807, 2.05) is 31.2 Å². The maximum absolute atomic E-state index is 11.7. The van der Waals surface area contributed by atoms with E-state index < -0.39 is 0 Å². The van der Waals surface area contributed by atoms with Crippen LogP contribution in [0.4, 0.5) is 10.5 Å². The van der Waals surface area contributed by atoms with Gasteiger partial charge in [0.05, 0.1) is 0 Å². The second-order valence-corrected chi connectivity index (χ2v) is 5.38. The normalized spacial score (nSPS) is 16.5. The number of anilines is 1. The zero-order valence-electron chi connectivity index (χ0n) is 11.5. The van der Waals surface area contributed by atoms with Crippen molar-refractivity contribution in [2.75, 3.05) is 11.9 Å². The molecule has 0 aliphatic heterocycles. The van der Waals surface area contributed by atoms with Crippen LogP contribution in [0.5, 0.6) is 0 Å². The standard InChI is InChI=1S/C15H23N3O/c1-11(16)13-5-7-14(8-6-13)18-15(19)17-10-9-12-3-2-4-12/h5-8,11-12H,2-4,9-10,16H2,1H3,(H2,17,18,19). The van der Waals surface area contributed by atoms with E-state index in [1.165, 1.54) is 19.3 Å². The van der Waals surface area contributed by atoms with E-state index in [9.17, 15) is 4.79 Å². The molecule has 19 heavy (non-hydrogen) atoms. The van der Waals surface area contributed by atoms with E-state index in [0.717, 1.165) is 30.1 Å². The summed E-state index contributed by atoms with van der Waals surface area (Å²) >= 11 is 0. The first-order chi connectivity index (χ1) is 9.15. The summed E-state index contributed by atoms with van der Waals surface area (Å²) in [6, 6.07) is 7.52. The zero-order chi connectivity index (χ0) is 13.7. The third-order valence-corrected chi connectivity index (χ3v) is 3.76. The maximum atomic E-state index is 11.7.